The highest BCUT2D eigenvalue weighted by atomic mass is 32.2. The van der Waals surface area contributed by atoms with Crippen molar-refractivity contribution in [3.05, 3.63) is 24.5 Å². The van der Waals surface area contributed by atoms with Crippen LogP contribution in [0.25, 0.3) is 0 Å². The first-order valence-corrected chi connectivity index (χ1v) is 10.8. The molecule has 2 aromatic rings. The number of imidazole rings is 1. The Morgan fingerprint density at radius 2 is 1.93 bits per heavy atom. The number of benzene rings is 1. The lowest BCUT2D eigenvalue weighted by Crippen LogP contribution is -2.36. The SMILES string of the molecule is CCOc1cc(N2CCOCC2)c(OCC)cc1NC(=O)CSc1nccn1C. The van der Waals surface area contributed by atoms with Crippen molar-refractivity contribution >= 4 is 29.0 Å². The molecule has 1 aliphatic rings. The van der Waals surface area contributed by atoms with Crippen LogP contribution in [-0.2, 0) is 16.6 Å². The Labute approximate surface area is 175 Å². The molecule has 1 amide bonds. The van der Waals surface area contributed by atoms with Gasteiger partial charge in [0.2, 0.25) is 5.91 Å². The van der Waals surface area contributed by atoms with Gasteiger partial charge in [0.15, 0.2) is 5.16 Å². The number of nitrogens with zero attached hydrogens (tertiary/aromatic N) is 3. The van der Waals surface area contributed by atoms with Crippen LogP contribution >= 0.6 is 11.8 Å². The van der Waals surface area contributed by atoms with Crippen LogP contribution in [0.1, 0.15) is 13.8 Å². The minimum Gasteiger partial charge on any atom is -0.492 e. The van der Waals surface area contributed by atoms with Crippen molar-refractivity contribution in [2.24, 2.45) is 7.05 Å². The molecular weight excluding hydrogens is 392 g/mol. The number of carbonyl (C=O) groups excluding carboxylic acids is 1. The molecule has 0 spiro atoms. The fourth-order valence-corrected chi connectivity index (χ4v) is 3.78. The van der Waals surface area contributed by atoms with Crippen LogP contribution < -0.4 is 19.7 Å². The van der Waals surface area contributed by atoms with Crippen molar-refractivity contribution in [1.82, 2.24) is 9.55 Å². The fourth-order valence-electron chi connectivity index (χ4n) is 3.05. The van der Waals surface area contributed by atoms with Crippen LogP contribution in [-0.4, -0.2) is 60.7 Å². The molecule has 2 heterocycles. The summed E-state index contributed by atoms with van der Waals surface area (Å²) in [6, 6.07) is 3.80. The monoisotopic (exact) mass is 420 g/mol. The highest BCUT2D eigenvalue weighted by Gasteiger charge is 2.20. The lowest BCUT2D eigenvalue weighted by molar-refractivity contribution is -0.113. The van der Waals surface area contributed by atoms with Crippen molar-refractivity contribution in [2.45, 2.75) is 19.0 Å². The molecule has 0 saturated carbocycles. The Kier molecular flexibility index (Phi) is 7.65. The predicted octanol–water partition coefficient (Wildman–Crippen LogP) is 2.78. The van der Waals surface area contributed by atoms with Crippen LogP contribution in [0.3, 0.4) is 0 Å². The van der Waals surface area contributed by atoms with Crippen LogP contribution in [0.5, 0.6) is 11.5 Å². The molecular formula is C20H28N4O4S. The van der Waals surface area contributed by atoms with Crippen molar-refractivity contribution < 1.29 is 19.0 Å². The van der Waals surface area contributed by atoms with Crippen LogP contribution in [0.15, 0.2) is 29.7 Å². The smallest absolute Gasteiger partial charge is 0.234 e. The number of amides is 1. The lowest BCUT2D eigenvalue weighted by atomic mass is 10.2. The zero-order valence-corrected chi connectivity index (χ0v) is 18.0. The molecule has 1 aliphatic heterocycles. The van der Waals surface area contributed by atoms with Crippen molar-refractivity contribution in [2.75, 3.05) is 55.5 Å². The van der Waals surface area contributed by atoms with E-state index in [-0.39, 0.29) is 11.7 Å². The summed E-state index contributed by atoms with van der Waals surface area (Å²) in [5.41, 5.74) is 1.57. The maximum Gasteiger partial charge on any atom is 0.234 e. The Balaban J connectivity index is 1.79. The molecule has 0 radical (unpaired) electrons. The third-order valence-corrected chi connectivity index (χ3v) is 5.45. The van der Waals surface area contributed by atoms with E-state index in [4.69, 9.17) is 14.2 Å². The normalized spacial score (nSPS) is 14.0. The Hall–Kier alpha value is -2.39. The number of carbonyl (C=O) groups is 1. The second-order valence-corrected chi connectivity index (χ2v) is 7.38. The quantitative estimate of drug-likeness (QED) is 0.625. The second-order valence-electron chi connectivity index (χ2n) is 6.44. The van der Waals surface area contributed by atoms with Gasteiger partial charge in [-0.1, -0.05) is 11.8 Å². The van der Waals surface area contributed by atoms with Crippen LogP contribution in [0.4, 0.5) is 11.4 Å². The summed E-state index contributed by atoms with van der Waals surface area (Å²) in [4.78, 5) is 19.0. The molecule has 1 aromatic heterocycles. The Morgan fingerprint density at radius 1 is 1.21 bits per heavy atom. The summed E-state index contributed by atoms with van der Waals surface area (Å²) in [6.45, 7) is 7.84. The molecule has 0 bridgehead atoms. The zero-order valence-electron chi connectivity index (χ0n) is 17.1. The van der Waals surface area contributed by atoms with Gasteiger partial charge in [-0.15, -0.1) is 0 Å². The van der Waals surface area contributed by atoms with Crippen molar-refractivity contribution in [3.8, 4) is 11.5 Å². The topological polar surface area (TPSA) is 77.8 Å². The third-order valence-electron chi connectivity index (χ3n) is 4.40. The number of ether oxygens (including phenoxy) is 3. The first kappa shape index (κ1) is 21.3. The molecule has 158 valence electrons. The summed E-state index contributed by atoms with van der Waals surface area (Å²) >= 11 is 1.39. The van der Waals surface area contributed by atoms with Gasteiger partial charge in [0, 0.05) is 44.7 Å². The van der Waals surface area contributed by atoms with Crippen molar-refractivity contribution in [3.63, 3.8) is 0 Å². The molecule has 1 aromatic carbocycles. The summed E-state index contributed by atoms with van der Waals surface area (Å²) in [7, 11) is 1.90. The number of hydrogen-bond donors (Lipinski definition) is 1. The van der Waals surface area contributed by atoms with E-state index in [0.29, 0.717) is 37.9 Å². The highest BCUT2D eigenvalue weighted by Crippen LogP contribution is 2.39. The Morgan fingerprint density at radius 3 is 2.59 bits per heavy atom. The first-order chi connectivity index (χ1) is 14.1. The van der Waals surface area contributed by atoms with Crippen molar-refractivity contribution in [1.29, 1.82) is 0 Å². The van der Waals surface area contributed by atoms with E-state index in [1.807, 2.05) is 43.8 Å². The number of rotatable bonds is 9. The highest BCUT2D eigenvalue weighted by molar-refractivity contribution is 7.99. The maximum atomic E-state index is 12.5. The molecule has 29 heavy (non-hydrogen) atoms. The summed E-state index contributed by atoms with van der Waals surface area (Å²) in [5, 5.41) is 3.76. The average Bonchev–Trinajstić information content (AvgIpc) is 3.14. The fraction of sp³-hybridized carbons (Fsp3) is 0.500. The second kappa shape index (κ2) is 10.4. The maximum absolute atomic E-state index is 12.5. The molecule has 1 fully saturated rings. The minimum absolute atomic E-state index is 0.125. The molecule has 1 N–H and O–H groups in total. The van der Waals surface area contributed by atoms with Gasteiger partial charge in [-0.25, -0.2) is 4.98 Å². The number of hydrogen-bond acceptors (Lipinski definition) is 7. The van der Waals surface area contributed by atoms with Gasteiger partial charge in [0.25, 0.3) is 0 Å². The van der Waals surface area contributed by atoms with Gasteiger partial charge in [0.05, 0.1) is 43.6 Å². The van der Waals surface area contributed by atoms with Gasteiger partial charge < -0.3 is 29.0 Å². The number of nitrogens with one attached hydrogen (secondary N) is 1. The summed E-state index contributed by atoms with van der Waals surface area (Å²) < 4.78 is 19.0. The van der Waals surface area contributed by atoms with E-state index in [2.05, 4.69) is 15.2 Å². The zero-order chi connectivity index (χ0) is 20.6. The number of morpholine rings is 1. The van der Waals surface area contributed by atoms with E-state index in [1.165, 1.54) is 11.8 Å². The van der Waals surface area contributed by atoms with E-state index in [1.54, 1.807) is 6.20 Å². The van der Waals surface area contributed by atoms with Gasteiger partial charge in [-0.05, 0) is 13.8 Å². The van der Waals surface area contributed by atoms with E-state index in [9.17, 15) is 4.79 Å². The predicted molar refractivity (Wildman–Crippen MR) is 114 cm³/mol. The molecule has 8 nitrogen and oxygen atoms in total. The molecule has 0 aliphatic carbocycles. The van der Waals surface area contributed by atoms with E-state index >= 15 is 0 Å². The van der Waals surface area contributed by atoms with Gasteiger partial charge >= 0.3 is 0 Å². The summed E-state index contributed by atoms with van der Waals surface area (Å²) in [6.07, 6.45) is 3.57. The lowest BCUT2D eigenvalue weighted by Gasteiger charge is -2.31. The van der Waals surface area contributed by atoms with E-state index in [0.717, 1.165) is 29.7 Å². The average molecular weight is 421 g/mol. The first-order valence-electron chi connectivity index (χ1n) is 9.78. The standard InChI is InChI=1S/C20H28N4O4S/c1-4-27-17-13-16(24-8-10-26-11-9-24)18(28-5-2)12-15(17)22-19(25)14-29-20-21-6-7-23(20)3/h6-7,12-13H,4-5,8-11,14H2,1-3H3,(H,22,25). The molecule has 9 heteroatoms. The molecule has 0 atom stereocenters. The summed E-state index contributed by atoms with van der Waals surface area (Å²) in [5.74, 6) is 1.49. The number of thioether (sulfide) groups is 1. The Bertz CT molecular complexity index is 821. The number of anilines is 2. The van der Waals surface area contributed by atoms with E-state index < -0.39 is 0 Å². The largest absolute Gasteiger partial charge is 0.492 e. The minimum atomic E-state index is -0.125. The van der Waals surface area contributed by atoms with Gasteiger partial charge in [-0.2, -0.15) is 0 Å². The third kappa shape index (κ3) is 5.57. The molecule has 3 rings (SSSR count). The van der Waals surface area contributed by atoms with Gasteiger partial charge in [0.1, 0.15) is 11.5 Å². The van der Waals surface area contributed by atoms with Crippen LogP contribution in [0, 0.1) is 0 Å². The van der Waals surface area contributed by atoms with Gasteiger partial charge in [-0.3, -0.25) is 4.79 Å². The number of aryl methyl sites for hydroxylation is 1. The van der Waals surface area contributed by atoms with Crippen LogP contribution in [0.2, 0.25) is 0 Å². The molecule has 0 unspecified atom stereocenters. The molecule has 1 saturated heterocycles. The number of aromatic nitrogens is 2.